The van der Waals surface area contributed by atoms with Crippen LogP contribution in [0.1, 0.15) is 53.9 Å². The summed E-state index contributed by atoms with van der Waals surface area (Å²) >= 11 is 0. The van der Waals surface area contributed by atoms with E-state index in [1.165, 1.54) is 36.5 Å². The lowest BCUT2D eigenvalue weighted by Gasteiger charge is -2.32. The zero-order valence-electron chi connectivity index (χ0n) is 14.4. The van der Waals surface area contributed by atoms with Crippen molar-refractivity contribution < 1.29 is 9.90 Å². The van der Waals surface area contributed by atoms with Gasteiger partial charge in [0.1, 0.15) is 0 Å². The van der Waals surface area contributed by atoms with Crippen LogP contribution in [0.5, 0.6) is 0 Å². The number of rotatable bonds is 5. The predicted molar refractivity (Wildman–Crippen MR) is 93.8 cm³/mol. The number of hydrogen-bond acceptors (Lipinski definition) is 1. The van der Waals surface area contributed by atoms with Crippen LogP contribution in [0.25, 0.3) is 0 Å². The van der Waals surface area contributed by atoms with Gasteiger partial charge in [0.2, 0.25) is 0 Å². The van der Waals surface area contributed by atoms with Gasteiger partial charge in [0.05, 0.1) is 0 Å². The minimum absolute atomic E-state index is 0.260. The van der Waals surface area contributed by atoms with E-state index < -0.39 is 5.97 Å². The number of allylic oxidation sites excluding steroid dienone is 9. The van der Waals surface area contributed by atoms with E-state index in [0.29, 0.717) is 0 Å². The lowest BCUT2D eigenvalue weighted by molar-refractivity contribution is -0.131. The number of aliphatic carboxylic acids is 1. The van der Waals surface area contributed by atoms with Crippen molar-refractivity contribution in [2.45, 2.75) is 53.9 Å². The van der Waals surface area contributed by atoms with Crippen molar-refractivity contribution in [3.63, 3.8) is 0 Å². The maximum atomic E-state index is 10.5. The van der Waals surface area contributed by atoms with Crippen molar-refractivity contribution in [2.75, 3.05) is 0 Å². The molecule has 0 saturated heterocycles. The SMILES string of the molecule is CC(C=CC1=C(C)CCCC1(C)C)=C/C=C\C(C)=CC(=O)O. The second-order valence-electron chi connectivity index (χ2n) is 6.76. The van der Waals surface area contributed by atoms with Crippen molar-refractivity contribution in [3.05, 3.63) is 58.7 Å². The van der Waals surface area contributed by atoms with E-state index in [4.69, 9.17) is 5.11 Å². The average Bonchev–Trinajstić information content (AvgIpc) is 2.36. The summed E-state index contributed by atoms with van der Waals surface area (Å²) < 4.78 is 0. The lowest BCUT2D eigenvalue weighted by atomic mass is 9.72. The Kier molecular flexibility index (Phi) is 6.61. The standard InChI is InChI=1S/C20H28O2/c1-15(8-6-9-16(2)14-19(21)22)11-12-18-17(3)10-7-13-20(18,4)5/h6,8-9,11-12,14H,7,10,13H2,1-5H3,(H,21,22)/b9-6-,12-11?,15-8?,16-14?. The van der Waals surface area contributed by atoms with Crippen molar-refractivity contribution >= 4 is 5.97 Å². The van der Waals surface area contributed by atoms with Gasteiger partial charge in [-0.25, -0.2) is 4.79 Å². The monoisotopic (exact) mass is 300 g/mol. The van der Waals surface area contributed by atoms with Crippen molar-refractivity contribution in [1.29, 1.82) is 0 Å². The molecule has 1 aliphatic carbocycles. The molecule has 0 bridgehead atoms. The summed E-state index contributed by atoms with van der Waals surface area (Å²) in [7, 11) is 0. The van der Waals surface area contributed by atoms with Gasteiger partial charge in [-0.3, -0.25) is 0 Å². The van der Waals surface area contributed by atoms with E-state index in [1.54, 1.807) is 13.0 Å². The van der Waals surface area contributed by atoms with Crippen LogP contribution >= 0.6 is 0 Å². The summed E-state index contributed by atoms with van der Waals surface area (Å²) in [6, 6.07) is 0. The molecule has 0 aromatic heterocycles. The molecule has 0 heterocycles. The first-order chi connectivity index (χ1) is 10.2. The van der Waals surface area contributed by atoms with Gasteiger partial charge < -0.3 is 5.11 Å². The van der Waals surface area contributed by atoms with Crippen LogP contribution in [-0.4, -0.2) is 11.1 Å². The molecule has 0 aromatic carbocycles. The van der Waals surface area contributed by atoms with Crippen LogP contribution in [0.2, 0.25) is 0 Å². The molecule has 0 amide bonds. The van der Waals surface area contributed by atoms with Gasteiger partial charge in [0.25, 0.3) is 0 Å². The molecule has 0 atom stereocenters. The maximum absolute atomic E-state index is 10.5. The van der Waals surface area contributed by atoms with Crippen LogP contribution in [-0.2, 0) is 4.79 Å². The molecule has 2 heteroatoms. The second-order valence-corrected chi connectivity index (χ2v) is 6.76. The molecule has 1 rings (SSSR count). The Morgan fingerprint density at radius 2 is 1.86 bits per heavy atom. The fourth-order valence-electron chi connectivity index (χ4n) is 2.88. The number of carbonyl (C=O) groups is 1. The van der Waals surface area contributed by atoms with Gasteiger partial charge in [0.15, 0.2) is 0 Å². The minimum atomic E-state index is -0.912. The highest BCUT2D eigenvalue weighted by atomic mass is 16.4. The molecular formula is C20H28O2. The van der Waals surface area contributed by atoms with Crippen molar-refractivity contribution in [1.82, 2.24) is 0 Å². The number of carboxylic acid groups (broad SMARTS) is 1. The minimum Gasteiger partial charge on any atom is -0.478 e. The molecule has 0 radical (unpaired) electrons. The Morgan fingerprint density at radius 1 is 1.18 bits per heavy atom. The maximum Gasteiger partial charge on any atom is 0.328 e. The molecule has 1 N–H and O–H groups in total. The largest absolute Gasteiger partial charge is 0.478 e. The Morgan fingerprint density at radius 3 is 2.45 bits per heavy atom. The first-order valence-electron chi connectivity index (χ1n) is 7.87. The van der Waals surface area contributed by atoms with E-state index in [2.05, 4.69) is 39.8 Å². The Hall–Kier alpha value is -1.83. The summed E-state index contributed by atoms with van der Waals surface area (Å²) in [6.45, 7) is 10.7. The van der Waals surface area contributed by atoms with Crippen molar-refractivity contribution in [3.8, 4) is 0 Å². The number of carboxylic acids is 1. The first kappa shape index (κ1) is 18.2. The second kappa shape index (κ2) is 7.98. The first-order valence-corrected chi connectivity index (χ1v) is 7.87. The van der Waals surface area contributed by atoms with E-state index in [0.717, 1.165) is 11.1 Å². The van der Waals surface area contributed by atoms with Gasteiger partial charge in [-0.2, -0.15) is 0 Å². The van der Waals surface area contributed by atoms with Gasteiger partial charge in [-0.05, 0) is 56.6 Å². The average molecular weight is 300 g/mol. The van der Waals surface area contributed by atoms with Gasteiger partial charge in [-0.15, -0.1) is 0 Å². The highest BCUT2D eigenvalue weighted by molar-refractivity contribution is 5.81. The Labute approximate surface area is 134 Å². The molecule has 1 aliphatic rings. The fourth-order valence-corrected chi connectivity index (χ4v) is 2.88. The quantitative estimate of drug-likeness (QED) is 0.530. The van der Waals surface area contributed by atoms with Gasteiger partial charge in [0, 0.05) is 6.08 Å². The molecule has 120 valence electrons. The molecule has 0 fully saturated rings. The zero-order chi connectivity index (χ0) is 16.8. The van der Waals surface area contributed by atoms with Crippen molar-refractivity contribution in [2.24, 2.45) is 5.41 Å². The molecule has 2 nitrogen and oxygen atoms in total. The topological polar surface area (TPSA) is 37.3 Å². The smallest absolute Gasteiger partial charge is 0.328 e. The van der Waals surface area contributed by atoms with E-state index >= 15 is 0 Å². The normalized spacial score (nSPS) is 20.2. The summed E-state index contributed by atoms with van der Waals surface area (Å²) in [5.74, 6) is -0.912. The summed E-state index contributed by atoms with van der Waals surface area (Å²) in [5.41, 5.74) is 5.09. The molecule has 0 saturated carbocycles. The molecule has 0 unspecified atom stereocenters. The van der Waals surface area contributed by atoms with Crippen LogP contribution < -0.4 is 0 Å². The highest BCUT2D eigenvalue weighted by Crippen LogP contribution is 2.40. The van der Waals surface area contributed by atoms with Crippen LogP contribution in [0.3, 0.4) is 0 Å². The summed E-state index contributed by atoms with van der Waals surface area (Å²) in [4.78, 5) is 10.5. The van der Waals surface area contributed by atoms with Crippen LogP contribution in [0.4, 0.5) is 0 Å². The lowest BCUT2D eigenvalue weighted by Crippen LogP contribution is -2.19. The van der Waals surface area contributed by atoms with E-state index in [-0.39, 0.29) is 5.41 Å². The summed E-state index contributed by atoms with van der Waals surface area (Å²) in [6.07, 6.45) is 15.0. The molecule has 0 aromatic rings. The third kappa shape index (κ3) is 5.88. The van der Waals surface area contributed by atoms with E-state index in [1.807, 2.05) is 12.2 Å². The third-order valence-electron chi connectivity index (χ3n) is 4.12. The highest BCUT2D eigenvalue weighted by Gasteiger charge is 2.26. The third-order valence-corrected chi connectivity index (χ3v) is 4.12. The van der Waals surface area contributed by atoms with Gasteiger partial charge >= 0.3 is 5.97 Å². The predicted octanol–water partition coefficient (Wildman–Crippen LogP) is 5.60. The van der Waals surface area contributed by atoms with E-state index in [9.17, 15) is 4.79 Å². The van der Waals surface area contributed by atoms with Gasteiger partial charge in [-0.1, -0.05) is 55.4 Å². The van der Waals surface area contributed by atoms with Crippen LogP contribution in [0, 0.1) is 5.41 Å². The number of hydrogen-bond donors (Lipinski definition) is 1. The summed E-state index contributed by atoms with van der Waals surface area (Å²) in [5, 5.41) is 8.65. The molecular weight excluding hydrogens is 272 g/mol. The molecule has 0 aliphatic heterocycles. The zero-order valence-corrected chi connectivity index (χ0v) is 14.4. The molecule has 0 spiro atoms. The fraction of sp³-hybridized carbons (Fsp3) is 0.450. The Balaban J connectivity index is 2.79. The Bertz CT molecular complexity index is 567. The molecule has 22 heavy (non-hydrogen) atoms. The van der Waals surface area contributed by atoms with Crippen LogP contribution in [0.15, 0.2) is 58.7 Å².